The van der Waals surface area contributed by atoms with Crippen molar-refractivity contribution in [1.82, 2.24) is 0 Å². The fourth-order valence-electron chi connectivity index (χ4n) is 2.09. The summed E-state index contributed by atoms with van der Waals surface area (Å²) >= 11 is 0. The molecule has 0 aromatic heterocycles. The number of carboxylic acids is 2. The number of carbonyl (C=O) groups is 4. The molecule has 2 amide bonds. The van der Waals surface area contributed by atoms with E-state index in [1.165, 1.54) is 18.2 Å². The maximum absolute atomic E-state index is 11.4. The fourth-order valence-corrected chi connectivity index (χ4v) is 2.09. The van der Waals surface area contributed by atoms with Gasteiger partial charge in [-0.05, 0) is 36.4 Å². The minimum Gasteiger partial charge on any atom is -0.478 e. The summed E-state index contributed by atoms with van der Waals surface area (Å²) in [6, 6.07) is 7.10. The normalized spacial score (nSPS) is 10.1. The molecule has 0 aliphatic carbocycles. The van der Waals surface area contributed by atoms with Gasteiger partial charge in [0.15, 0.2) is 0 Å². The van der Waals surface area contributed by atoms with E-state index in [-0.39, 0.29) is 33.8 Å². The van der Waals surface area contributed by atoms with Crippen LogP contribution in [0.2, 0.25) is 0 Å². The van der Waals surface area contributed by atoms with E-state index in [1.54, 1.807) is 0 Å². The first kappa shape index (κ1) is 17.5. The van der Waals surface area contributed by atoms with Crippen molar-refractivity contribution in [2.24, 2.45) is 11.5 Å². The largest absolute Gasteiger partial charge is 0.478 e. The zero-order valence-corrected chi connectivity index (χ0v) is 12.6. The molecule has 0 saturated carbocycles. The monoisotopic (exact) mass is 344 g/mol. The van der Waals surface area contributed by atoms with E-state index < -0.39 is 23.8 Å². The van der Waals surface area contributed by atoms with Crippen molar-refractivity contribution in [2.75, 3.05) is 0 Å². The van der Waals surface area contributed by atoms with Crippen LogP contribution in [0, 0.1) is 0 Å². The van der Waals surface area contributed by atoms with Gasteiger partial charge in [0.05, 0.1) is 22.3 Å². The van der Waals surface area contributed by atoms with Crippen LogP contribution >= 0.6 is 0 Å². The first-order valence-corrected chi connectivity index (χ1v) is 6.73. The summed E-state index contributed by atoms with van der Waals surface area (Å²) < 4.78 is 5.41. The van der Waals surface area contributed by atoms with Gasteiger partial charge in [-0.25, -0.2) is 9.59 Å². The summed E-state index contributed by atoms with van der Waals surface area (Å²) in [5.41, 5.74) is 9.13. The number of hydrogen-bond donors (Lipinski definition) is 4. The Morgan fingerprint density at radius 2 is 1.12 bits per heavy atom. The summed E-state index contributed by atoms with van der Waals surface area (Å²) in [6.45, 7) is 0. The number of benzene rings is 2. The maximum atomic E-state index is 11.4. The molecule has 0 heterocycles. The minimum atomic E-state index is -1.38. The maximum Gasteiger partial charge on any atom is 0.336 e. The van der Waals surface area contributed by atoms with Crippen LogP contribution in [-0.2, 0) is 0 Å². The molecule has 2 aromatic carbocycles. The van der Waals surface area contributed by atoms with Crippen LogP contribution in [0.1, 0.15) is 41.4 Å². The summed E-state index contributed by atoms with van der Waals surface area (Å²) in [5, 5.41) is 18.1. The van der Waals surface area contributed by atoms with Crippen molar-refractivity contribution in [3.8, 4) is 11.5 Å². The molecular formula is C16H12N2O7. The molecule has 2 rings (SSSR count). The molecule has 0 bridgehead atoms. The standard InChI is InChI=1S/C16H12N2O7/c17-13(19)9-3-1-8(6-12(9)16(23)24)25-7-2-4-10(15(21)22)11(5-7)14(18)20/h1-6H,(H2,17,19)(H2,18,20)(H,21,22)(H,23,24). The molecule has 0 spiro atoms. The molecule has 0 aliphatic rings. The van der Waals surface area contributed by atoms with Gasteiger partial charge in [0, 0.05) is 0 Å². The van der Waals surface area contributed by atoms with Crippen LogP contribution in [0.4, 0.5) is 0 Å². The third-order valence-corrected chi connectivity index (χ3v) is 3.21. The second-order valence-electron chi connectivity index (χ2n) is 4.86. The zero-order chi connectivity index (χ0) is 18.7. The van der Waals surface area contributed by atoms with Crippen molar-refractivity contribution in [2.45, 2.75) is 0 Å². The van der Waals surface area contributed by atoms with Gasteiger partial charge in [0.25, 0.3) is 0 Å². The van der Waals surface area contributed by atoms with E-state index >= 15 is 0 Å². The first-order valence-electron chi connectivity index (χ1n) is 6.73. The Balaban J connectivity index is 2.43. The highest BCUT2D eigenvalue weighted by Gasteiger charge is 2.18. The first-order chi connectivity index (χ1) is 11.7. The van der Waals surface area contributed by atoms with Crippen molar-refractivity contribution in [1.29, 1.82) is 0 Å². The van der Waals surface area contributed by atoms with Gasteiger partial charge in [0.1, 0.15) is 11.5 Å². The van der Waals surface area contributed by atoms with E-state index in [4.69, 9.17) is 26.4 Å². The SMILES string of the molecule is NC(=O)c1cc(Oc2ccc(C(N)=O)c(C(=O)O)c2)ccc1C(=O)O. The highest BCUT2D eigenvalue weighted by Crippen LogP contribution is 2.26. The van der Waals surface area contributed by atoms with Crippen molar-refractivity contribution in [3.05, 3.63) is 58.7 Å². The second-order valence-corrected chi connectivity index (χ2v) is 4.86. The lowest BCUT2D eigenvalue weighted by atomic mass is 10.1. The Bertz CT molecular complexity index is 832. The Kier molecular flexibility index (Phi) is 4.69. The molecule has 0 aliphatic heterocycles. The average molecular weight is 344 g/mol. The predicted octanol–water partition coefficient (Wildman–Crippen LogP) is 1.07. The van der Waals surface area contributed by atoms with Gasteiger partial charge in [0.2, 0.25) is 11.8 Å². The van der Waals surface area contributed by atoms with Gasteiger partial charge in [-0.3, -0.25) is 9.59 Å². The molecule has 9 heteroatoms. The van der Waals surface area contributed by atoms with Crippen LogP contribution in [-0.4, -0.2) is 34.0 Å². The molecule has 0 fully saturated rings. The lowest BCUT2D eigenvalue weighted by Crippen LogP contribution is -2.16. The molecule has 6 N–H and O–H groups in total. The van der Waals surface area contributed by atoms with Gasteiger partial charge in [-0.15, -0.1) is 0 Å². The van der Waals surface area contributed by atoms with E-state index in [0.717, 1.165) is 18.2 Å². The molecule has 9 nitrogen and oxygen atoms in total. The molecule has 0 unspecified atom stereocenters. The molecule has 0 atom stereocenters. The van der Waals surface area contributed by atoms with E-state index in [1.807, 2.05) is 0 Å². The van der Waals surface area contributed by atoms with Crippen LogP contribution < -0.4 is 16.2 Å². The van der Waals surface area contributed by atoms with E-state index in [0.29, 0.717) is 0 Å². The molecule has 0 radical (unpaired) electrons. The van der Waals surface area contributed by atoms with Gasteiger partial charge in [-0.1, -0.05) is 0 Å². The number of primary amides is 2. The third-order valence-electron chi connectivity index (χ3n) is 3.21. The smallest absolute Gasteiger partial charge is 0.336 e. The number of amides is 2. The Morgan fingerprint density at radius 3 is 1.56 bits per heavy atom. The molecule has 2 aromatic rings. The van der Waals surface area contributed by atoms with Crippen LogP contribution in [0.5, 0.6) is 11.5 Å². The summed E-state index contributed by atoms with van der Waals surface area (Å²) in [4.78, 5) is 44.9. The van der Waals surface area contributed by atoms with Crippen molar-refractivity contribution < 1.29 is 34.1 Å². The average Bonchev–Trinajstić information content (AvgIpc) is 2.54. The van der Waals surface area contributed by atoms with E-state index in [9.17, 15) is 19.2 Å². The second kappa shape index (κ2) is 6.71. The number of rotatable bonds is 6. The number of aromatic carboxylic acids is 2. The number of carboxylic acid groups (broad SMARTS) is 2. The summed E-state index contributed by atoms with van der Waals surface area (Å²) in [5.74, 6) is -4.48. The quantitative estimate of drug-likeness (QED) is 0.607. The number of hydrogen-bond acceptors (Lipinski definition) is 5. The van der Waals surface area contributed by atoms with Crippen LogP contribution in [0.3, 0.4) is 0 Å². The fraction of sp³-hybridized carbons (Fsp3) is 0. The highest BCUT2D eigenvalue weighted by molar-refractivity contribution is 6.05. The van der Waals surface area contributed by atoms with Crippen LogP contribution in [0.15, 0.2) is 36.4 Å². The summed E-state index contributed by atoms with van der Waals surface area (Å²) in [7, 11) is 0. The van der Waals surface area contributed by atoms with Crippen molar-refractivity contribution >= 4 is 23.8 Å². The molecule has 0 saturated heterocycles. The third kappa shape index (κ3) is 3.72. The molecular weight excluding hydrogens is 332 g/mol. The number of nitrogens with two attached hydrogens (primary N) is 2. The van der Waals surface area contributed by atoms with Gasteiger partial charge < -0.3 is 26.4 Å². The number of carbonyl (C=O) groups excluding carboxylic acids is 2. The minimum absolute atomic E-state index is 0.0425. The topological polar surface area (TPSA) is 170 Å². The highest BCUT2D eigenvalue weighted by atomic mass is 16.5. The Morgan fingerprint density at radius 1 is 0.680 bits per heavy atom. The predicted molar refractivity (Wildman–Crippen MR) is 83.9 cm³/mol. The molecule has 128 valence electrons. The van der Waals surface area contributed by atoms with Crippen molar-refractivity contribution in [3.63, 3.8) is 0 Å². The number of ether oxygens (including phenoxy) is 1. The lowest BCUT2D eigenvalue weighted by Gasteiger charge is -2.10. The Labute approximate surface area is 140 Å². The van der Waals surface area contributed by atoms with Gasteiger partial charge >= 0.3 is 11.9 Å². The Hall–Kier alpha value is -3.88. The van der Waals surface area contributed by atoms with Gasteiger partial charge in [-0.2, -0.15) is 0 Å². The zero-order valence-electron chi connectivity index (χ0n) is 12.6. The van der Waals surface area contributed by atoms with E-state index in [2.05, 4.69) is 0 Å². The molecule has 25 heavy (non-hydrogen) atoms. The van der Waals surface area contributed by atoms with Crippen LogP contribution in [0.25, 0.3) is 0 Å². The summed E-state index contributed by atoms with van der Waals surface area (Å²) in [6.07, 6.45) is 0. The lowest BCUT2D eigenvalue weighted by molar-refractivity contribution is 0.0683.